The zero-order valence-electron chi connectivity index (χ0n) is 12.5. The second-order valence-electron chi connectivity index (χ2n) is 5.51. The molecule has 0 unspecified atom stereocenters. The fourth-order valence-electron chi connectivity index (χ4n) is 1.96. The lowest BCUT2D eigenvalue weighted by atomic mass is 10.1. The zero-order valence-corrected chi connectivity index (χ0v) is 12.5. The van der Waals surface area contributed by atoms with E-state index in [1.807, 2.05) is 18.7 Å². The predicted molar refractivity (Wildman–Crippen MR) is 80.0 cm³/mol. The van der Waals surface area contributed by atoms with Gasteiger partial charge in [0.25, 0.3) is 5.91 Å². The van der Waals surface area contributed by atoms with Gasteiger partial charge in [0.05, 0.1) is 0 Å². The van der Waals surface area contributed by atoms with E-state index < -0.39 is 0 Å². The Hall–Kier alpha value is -2.04. The molecule has 0 aliphatic heterocycles. The van der Waals surface area contributed by atoms with E-state index in [9.17, 15) is 4.79 Å². The summed E-state index contributed by atoms with van der Waals surface area (Å²) in [7, 11) is 0. The molecule has 1 rings (SSSR count). The van der Waals surface area contributed by atoms with Gasteiger partial charge in [-0.25, -0.2) is 0 Å². The molecule has 1 aromatic rings. The van der Waals surface area contributed by atoms with Gasteiger partial charge in [-0.3, -0.25) is 4.79 Å². The van der Waals surface area contributed by atoms with Gasteiger partial charge in [0, 0.05) is 23.7 Å². The second-order valence-corrected chi connectivity index (χ2v) is 5.51. The topological polar surface area (TPSA) is 78.9 Å². The number of amides is 1. The summed E-state index contributed by atoms with van der Waals surface area (Å²) in [5, 5.41) is 11.7. The number of amidine groups is 1. The first-order chi connectivity index (χ1) is 9.36. The highest BCUT2D eigenvalue weighted by Gasteiger charge is 2.20. The highest BCUT2D eigenvalue weighted by atomic mass is 16.4. The number of nitrogens with zero attached hydrogens (tertiary/aromatic N) is 2. The van der Waals surface area contributed by atoms with E-state index in [4.69, 9.17) is 10.9 Å². The SMILES string of the molecule is CC(C)CN(C(=O)c1cccc(C(N)=NO)c1)C(C)C. The molecule has 0 spiro atoms. The maximum Gasteiger partial charge on any atom is 0.254 e. The number of hydrogen-bond donors (Lipinski definition) is 2. The Kier molecular flexibility index (Phi) is 5.55. The van der Waals surface area contributed by atoms with Crippen LogP contribution in [0.25, 0.3) is 0 Å². The van der Waals surface area contributed by atoms with Crippen LogP contribution in [0, 0.1) is 5.92 Å². The number of oxime groups is 1. The molecule has 0 saturated carbocycles. The third-order valence-electron chi connectivity index (χ3n) is 2.96. The lowest BCUT2D eigenvalue weighted by Gasteiger charge is -2.28. The van der Waals surface area contributed by atoms with E-state index in [0.29, 0.717) is 23.6 Å². The summed E-state index contributed by atoms with van der Waals surface area (Å²) in [5.41, 5.74) is 6.63. The number of hydrogen-bond acceptors (Lipinski definition) is 3. The molecule has 0 aromatic heterocycles. The van der Waals surface area contributed by atoms with Gasteiger partial charge in [-0.1, -0.05) is 31.1 Å². The molecule has 110 valence electrons. The number of benzene rings is 1. The molecule has 20 heavy (non-hydrogen) atoms. The minimum Gasteiger partial charge on any atom is -0.409 e. The van der Waals surface area contributed by atoms with Crippen LogP contribution in [0.2, 0.25) is 0 Å². The molecule has 3 N–H and O–H groups in total. The van der Waals surface area contributed by atoms with Crippen molar-refractivity contribution in [2.45, 2.75) is 33.7 Å². The van der Waals surface area contributed by atoms with E-state index in [0.717, 1.165) is 0 Å². The largest absolute Gasteiger partial charge is 0.409 e. The summed E-state index contributed by atoms with van der Waals surface area (Å²) in [4.78, 5) is 14.4. The molecule has 0 bridgehead atoms. The fourth-order valence-corrected chi connectivity index (χ4v) is 1.96. The zero-order chi connectivity index (χ0) is 15.3. The van der Waals surface area contributed by atoms with Gasteiger partial charge in [0.2, 0.25) is 0 Å². The van der Waals surface area contributed by atoms with Gasteiger partial charge in [-0.2, -0.15) is 0 Å². The number of nitrogens with two attached hydrogens (primary N) is 1. The van der Waals surface area contributed by atoms with Crippen LogP contribution in [0.4, 0.5) is 0 Å². The molecule has 0 radical (unpaired) electrons. The molecular formula is C15H23N3O2. The van der Waals surface area contributed by atoms with Crippen molar-refractivity contribution in [1.29, 1.82) is 0 Å². The minimum absolute atomic E-state index is 0.000364. The van der Waals surface area contributed by atoms with Crippen molar-refractivity contribution < 1.29 is 10.0 Å². The van der Waals surface area contributed by atoms with Crippen molar-refractivity contribution in [2.75, 3.05) is 6.54 Å². The van der Waals surface area contributed by atoms with Crippen LogP contribution in [0.15, 0.2) is 29.4 Å². The quantitative estimate of drug-likeness (QED) is 0.375. The van der Waals surface area contributed by atoms with E-state index in [1.165, 1.54) is 0 Å². The van der Waals surface area contributed by atoms with E-state index >= 15 is 0 Å². The molecule has 0 aliphatic carbocycles. The molecule has 1 aromatic carbocycles. The summed E-state index contributed by atoms with van der Waals surface area (Å²) < 4.78 is 0. The molecule has 5 nitrogen and oxygen atoms in total. The van der Waals surface area contributed by atoms with Crippen molar-refractivity contribution in [1.82, 2.24) is 4.90 Å². The van der Waals surface area contributed by atoms with Crippen LogP contribution < -0.4 is 5.73 Å². The molecule has 5 heteroatoms. The first kappa shape index (κ1) is 16.0. The molecule has 1 amide bonds. The lowest BCUT2D eigenvalue weighted by Crippen LogP contribution is -2.39. The van der Waals surface area contributed by atoms with Crippen molar-refractivity contribution in [2.24, 2.45) is 16.8 Å². The molecule has 0 atom stereocenters. The van der Waals surface area contributed by atoms with Crippen molar-refractivity contribution in [3.63, 3.8) is 0 Å². The first-order valence-corrected chi connectivity index (χ1v) is 6.75. The van der Waals surface area contributed by atoms with Gasteiger partial charge < -0.3 is 15.8 Å². The van der Waals surface area contributed by atoms with Gasteiger partial charge in [0.15, 0.2) is 5.84 Å². The van der Waals surface area contributed by atoms with Crippen molar-refractivity contribution >= 4 is 11.7 Å². The summed E-state index contributed by atoms with van der Waals surface area (Å²) in [5.74, 6) is 0.356. The summed E-state index contributed by atoms with van der Waals surface area (Å²) in [6.07, 6.45) is 0. The Morgan fingerprint density at radius 1 is 1.30 bits per heavy atom. The van der Waals surface area contributed by atoms with Gasteiger partial charge >= 0.3 is 0 Å². The Labute approximate surface area is 120 Å². The standard InChI is InChI=1S/C15H23N3O2/c1-10(2)9-18(11(3)4)15(19)13-7-5-6-12(8-13)14(16)17-20/h5-8,10-11,20H,9H2,1-4H3,(H2,16,17). The van der Waals surface area contributed by atoms with Crippen LogP contribution in [0.1, 0.15) is 43.6 Å². The van der Waals surface area contributed by atoms with Gasteiger partial charge in [-0.05, 0) is 31.9 Å². The van der Waals surface area contributed by atoms with Gasteiger partial charge in [-0.15, -0.1) is 0 Å². The lowest BCUT2D eigenvalue weighted by molar-refractivity contribution is 0.0682. The average Bonchev–Trinajstić information content (AvgIpc) is 2.42. The predicted octanol–water partition coefficient (Wildman–Crippen LogP) is 2.29. The van der Waals surface area contributed by atoms with Gasteiger partial charge in [0.1, 0.15) is 0 Å². The van der Waals surface area contributed by atoms with Crippen molar-refractivity contribution in [3.8, 4) is 0 Å². The van der Waals surface area contributed by atoms with E-state index in [1.54, 1.807) is 24.3 Å². The van der Waals surface area contributed by atoms with Crippen LogP contribution in [0.3, 0.4) is 0 Å². The molecule has 0 aliphatic rings. The fraction of sp³-hybridized carbons (Fsp3) is 0.467. The highest BCUT2D eigenvalue weighted by molar-refractivity contribution is 6.01. The maximum atomic E-state index is 12.6. The Bertz CT molecular complexity index is 496. The molecule has 0 heterocycles. The molecule has 0 fully saturated rings. The van der Waals surface area contributed by atoms with Crippen LogP contribution in [0.5, 0.6) is 0 Å². The number of carbonyl (C=O) groups is 1. The average molecular weight is 277 g/mol. The second kappa shape index (κ2) is 6.93. The smallest absolute Gasteiger partial charge is 0.254 e. The van der Waals surface area contributed by atoms with E-state index in [-0.39, 0.29) is 17.8 Å². The number of carbonyl (C=O) groups excluding carboxylic acids is 1. The summed E-state index contributed by atoms with van der Waals surface area (Å²) >= 11 is 0. The van der Waals surface area contributed by atoms with E-state index in [2.05, 4.69) is 19.0 Å². The van der Waals surface area contributed by atoms with Crippen LogP contribution in [-0.4, -0.2) is 34.4 Å². The molecule has 0 saturated heterocycles. The third-order valence-corrected chi connectivity index (χ3v) is 2.96. The third kappa shape index (κ3) is 3.98. The monoisotopic (exact) mass is 277 g/mol. The normalized spacial score (nSPS) is 12.0. The number of rotatable bonds is 5. The Balaban J connectivity index is 3.06. The highest BCUT2D eigenvalue weighted by Crippen LogP contribution is 2.13. The summed E-state index contributed by atoms with van der Waals surface area (Å²) in [6.45, 7) is 8.84. The first-order valence-electron chi connectivity index (χ1n) is 6.75. The Morgan fingerprint density at radius 3 is 2.40 bits per heavy atom. The Morgan fingerprint density at radius 2 is 1.90 bits per heavy atom. The summed E-state index contributed by atoms with van der Waals surface area (Å²) in [6, 6.07) is 6.94. The molecular weight excluding hydrogens is 254 g/mol. The minimum atomic E-state index is -0.0405. The van der Waals surface area contributed by atoms with Crippen LogP contribution in [-0.2, 0) is 0 Å². The maximum absolute atomic E-state index is 12.6. The van der Waals surface area contributed by atoms with Crippen LogP contribution >= 0.6 is 0 Å². The van der Waals surface area contributed by atoms with Crippen molar-refractivity contribution in [3.05, 3.63) is 35.4 Å².